The summed E-state index contributed by atoms with van der Waals surface area (Å²) in [5.41, 5.74) is 1.82. The highest BCUT2D eigenvalue weighted by Gasteiger charge is 2.18. The number of hydrogen-bond donors (Lipinski definition) is 1. The van der Waals surface area contributed by atoms with Gasteiger partial charge in [-0.25, -0.2) is 9.78 Å². The van der Waals surface area contributed by atoms with Gasteiger partial charge < -0.3 is 14.7 Å². The van der Waals surface area contributed by atoms with Crippen molar-refractivity contribution >= 4 is 17.9 Å². The molecule has 5 heteroatoms. The van der Waals surface area contributed by atoms with Crippen LogP contribution in [0.4, 0.5) is 5.82 Å². The van der Waals surface area contributed by atoms with E-state index in [1.165, 1.54) is 0 Å². The Bertz CT molecular complexity index is 508. The van der Waals surface area contributed by atoms with Crippen LogP contribution in [0.5, 0.6) is 0 Å². The van der Waals surface area contributed by atoms with E-state index >= 15 is 0 Å². The zero-order chi connectivity index (χ0) is 14.5. The van der Waals surface area contributed by atoms with Gasteiger partial charge in [-0.15, -0.1) is 0 Å². The number of carboxylic acid groups (broad SMARTS) is 1. The molecule has 108 valence electrons. The van der Waals surface area contributed by atoms with Gasteiger partial charge in [0.15, 0.2) is 0 Å². The largest absolute Gasteiger partial charge is 0.478 e. The Labute approximate surface area is 118 Å². The normalized spacial score (nSPS) is 18.6. The lowest BCUT2D eigenvalue weighted by Crippen LogP contribution is -2.29. The molecule has 0 spiro atoms. The van der Waals surface area contributed by atoms with Gasteiger partial charge in [-0.1, -0.05) is 0 Å². The fraction of sp³-hybridized carbons (Fsp3) is 0.467. The van der Waals surface area contributed by atoms with Crippen LogP contribution in [0.3, 0.4) is 0 Å². The van der Waals surface area contributed by atoms with Crippen LogP contribution in [0.15, 0.2) is 18.3 Å². The summed E-state index contributed by atoms with van der Waals surface area (Å²) in [7, 11) is 2.00. The van der Waals surface area contributed by atoms with E-state index in [4.69, 9.17) is 9.84 Å². The number of ether oxygens (including phenoxy) is 1. The molecule has 0 aromatic carbocycles. The second-order valence-corrected chi connectivity index (χ2v) is 5.10. The summed E-state index contributed by atoms with van der Waals surface area (Å²) < 4.78 is 5.63. The summed E-state index contributed by atoms with van der Waals surface area (Å²) >= 11 is 0. The summed E-state index contributed by atoms with van der Waals surface area (Å²) in [6, 6.07) is 1.94. The molecule has 0 bridgehead atoms. The highest BCUT2D eigenvalue weighted by Crippen LogP contribution is 2.20. The number of anilines is 1. The lowest BCUT2D eigenvalue weighted by molar-refractivity contribution is -0.131. The molecule has 0 radical (unpaired) electrons. The van der Waals surface area contributed by atoms with Crippen LogP contribution in [-0.4, -0.2) is 42.4 Å². The average molecular weight is 276 g/mol. The quantitative estimate of drug-likeness (QED) is 0.834. The minimum Gasteiger partial charge on any atom is -0.478 e. The maximum Gasteiger partial charge on any atom is 0.328 e. The van der Waals surface area contributed by atoms with Crippen molar-refractivity contribution in [2.45, 2.75) is 25.9 Å². The number of nitrogens with zero attached hydrogens (tertiary/aromatic N) is 2. The van der Waals surface area contributed by atoms with E-state index < -0.39 is 5.97 Å². The minimum absolute atomic E-state index is 0.285. The van der Waals surface area contributed by atoms with Crippen LogP contribution >= 0.6 is 0 Å². The summed E-state index contributed by atoms with van der Waals surface area (Å²) in [5, 5.41) is 8.62. The molecular weight excluding hydrogens is 256 g/mol. The highest BCUT2D eigenvalue weighted by molar-refractivity contribution is 5.85. The molecule has 2 rings (SSSR count). The Balaban J connectivity index is 2.06. The molecule has 0 aliphatic carbocycles. The molecule has 0 amide bonds. The number of aromatic nitrogens is 1. The SMILES string of the molecule is Cc1cc(/C=C/C(=O)O)cnc1N(C)CC1CCCO1. The number of hydrogen-bond acceptors (Lipinski definition) is 4. The second-order valence-electron chi connectivity index (χ2n) is 5.10. The molecule has 1 atom stereocenters. The van der Waals surface area contributed by atoms with Crippen molar-refractivity contribution < 1.29 is 14.6 Å². The molecule has 2 heterocycles. The predicted octanol–water partition coefficient (Wildman–Crippen LogP) is 2.10. The first-order valence-electron chi connectivity index (χ1n) is 6.76. The first-order chi connectivity index (χ1) is 9.56. The smallest absolute Gasteiger partial charge is 0.328 e. The van der Waals surface area contributed by atoms with Crippen LogP contribution in [-0.2, 0) is 9.53 Å². The summed E-state index contributed by atoms with van der Waals surface area (Å²) in [4.78, 5) is 17.0. The molecule has 1 fully saturated rings. The molecule has 1 aliphatic heterocycles. The topological polar surface area (TPSA) is 62.7 Å². The van der Waals surface area contributed by atoms with E-state index in [1.807, 2.05) is 20.0 Å². The lowest BCUT2D eigenvalue weighted by atomic mass is 10.1. The van der Waals surface area contributed by atoms with Gasteiger partial charge in [-0.05, 0) is 43.0 Å². The summed E-state index contributed by atoms with van der Waals surface area (Å²) in [5.74, 6) is -0.0461. The third kappa shape index (κ3) is 3.81. The number of pyridine rings is 1. The number of likely N-dealkylation sites (N-methyl/N-ethyl adjacent to an activating group) is 1. The van der Waals surface area contributed by atoms with E-state index in [1.54, 1.807) is 12.3 Å². The number of aliphatic carboxylic acids is 1. The lowest BCUT2D eigenvalue weighted by Gasteiger charge is -2.23. The average Bonchev–Trinajstić information content (AvgIpc) is 2.89. The summed E-state index contributed by atoms with van der Waals surface area (Å²) in [6.45, 7) is 3.66. The Kier molecular flexibility index (Phi) is 4.74. The third-order valence-electron chi connectivity index (χ3n) is 3.35. The second kappa shape index (κ2) is 6.52. The third-order valence-corrected chi connectivity index (χ3v) is 3.35. The minimum atomic E-state index is -0.956. The van der Waals surface area contributed by atoms with Crippen molar-refractivity contribution in [3.63, 3.8) is 0 Å². The first-order valence-corrected chi connectivity index (χ1v) is 6.76. The highest BCUT2D eigenvalue weighted by atomic mass is 16.5. The molecule has 1 aromatic heterocycles. The van der Waals surface area contributed by atoms with Crippen molar-refractivity contribution in [1.82, 2.24) is 4.98 Å². The van der Waals surface area contributed by atoms with Crippen molar-refractivity contribution in [3.8, 4) is 0 Å². The standard InChI is InChI=1S/C15H20N2O3/c1-11-8-12(5-6-14(18)19)9-16-15(11)17(2)10-13-4-3-7-20-13/h5-6,8-9,13H,3-4,7,10H2,1-2H3,(H,18,19)/b6-5+. The number of rotatable bonds is 5. The molecule has 1 N–H and O–H groups in total. The van der Waals surface area contributed by atoms with Gasteiger partial charge in [-0.2, -0.15) is 0 Å². The molecule has 5 nitrogen and oxygen atoms in total. The summed E-state index contributed by atoms with van der Waals surface area (Å²) in [6.07, 6.45) is 6.87. The maximum absolute atomic E-state index is 10.5. The van der Waals surface area contributed by atoms with Gasteiger partial charge in [0.05, 0.1) is 6.10 Å². The Morgan fingerprint density at radius 2 is 2.45 bits per heavy atom. The number of carbonyl (C=O) groups is 1. The monoisotopic (exact) mass is 276 g/mol. The van der Waals surface area contributed by atoms with Gasteiger partial charge in [0.1, 0.15) is 5.82 Å². The van der Waals surface area contributed by atoms with Crippen molar-refractivity contribution in [3.05, 3.63) is 29.5 Å². The van der Waals surface area contributed by atoms with E-state index in [9.17, 15) is 4.79 Å². The molecule has 0 saturated carbocycles. The van der Waals surface area contributed by atoms with Gasteiger partial charge in [0, 0.05) is 32.5 Å². The van der Waals surface area contributed by atoms with Crippen LogP contribution in [0.2, 0.25) is 0 Å². The van der Waals surface area contributed by atoms with Crippen LogP contribution in [0.25, 0.3) is 6.08 Å². The van der Waals surface area contributed by atoms with E-state index in [-0.39, 0.29) is 6.10 Å². The zero-order valence-corrected chi connectivity index (χ0v) is 11.9. The van der Waals surface area contributed by atoms with Gasteiger partial charge in [-0.3, -0.25) is 0 Å². The van der Waals surface area contributed by atoms with Crippen LogP contribution in [0, 0.1) is 6.92 Å². The molecular formula is C15H20N2O3. The Hall–Kier alpha value is -1.88. The Morgan fingerprint density at radius 3 is 3.05 bits per heavy atom. The zero-order valence-electron chi connectivity index (χ0n) is 11.9. The maximum atomic E-state index is 10.5. The van der Waals surface area contributed by atoms with E-state index in [0.717, 1.165) is 49.0 Å². The van der Waals surface area contributed by atoms with Crippen LogP contribution in [0.1, 0.15) is 24.0 Å². The fourth-order valence-electron chi connectivity index (χ4n) is 2.43. The van der Waals surface area contributed by atoms with Crippen molar-refractivity contribution in [1.29, 1.82) is 0 Å². The molecule has 1 saturated heterocycles. The van der Waals surface area contributed by atoms with E-state index in [2.05, 4.69) is 9.88 Å². The van der Waals surface area contributed by atoms with Crippen LogP contribution < -0.4 is 4.90 Å². The van der Waals surface area contributed by atoms with Gasteiger partial charge in [0.2, 0.25) is 0 Å². The van der Waals surface area contributed by atoms with Gasteiger partial charge in [0.25, 0.3) is 0 Å². The fourth-order valence-corrected chi connectivity index (χ4v) is 2.43. The number of carboxylic acids is 1. The number of aryl methyl sites for hydroxylation is 1. The molecule has 20 heavy (non-hydrogen) atoms. The molecule has 1 aromatic rings. The predicted molar refractivity (Wildman–Crippen MR) is 77.9 cm³/mol. The van der Waals surface area contributed by atoms with Gasteiger partial charge >= 0.3 is 5.97 Å². The van der Waals surface area contributed by atoms with Crippen molar-refractivity contribution in [2.75, 3.05) is 25.1 Å². The first kappa shape index (κ1) is 14.5. The molecule has 1 aliphatic rings. The van der Waals surface area contributed by atoms with E-state index in [0.29, 0.717) is 0 Å². The Morgan fingerprint density at radius 1 is 1.65 bits per heavy atom. The molecule has 1 unspecified atom stereocenters. The van der Waals surface area contributed by atoms with Crippen molar-refractivity contribution in [2.24, 2.45) is 0 Å².